The highest BCUT2D eigenvalue weighted by Crippen LogP contribution is 2.32. The third-order valence-electron chi connectivity index (χ3n) is 3.88. The van der Waals surface area contributed by atoms with Crippen molar-refractivity contribution < 1.29 is 23.1 Å². The average Bonchev–Trinajstić information content (AvgIpc) is 2.66. The van der Waals surface area contributed by atoms with Gasteiger partial charge in [-0.15, -0.1) is 0 Å². The first-order valence-corrected chi connectivity index (χ1v) is 8.56. The summed E-state index contributed by atoms with van der Waals surface area (Å²) in [4.78, 5) is 22.2. The molecule has 2 heterocycles. The van der Waals surface area contributed by atoms with Gasteiger partial charge in [0.25, 0.3) is 0 Å². The Kier molecular flexibility index (Phi) is 6.57. The lowest BCUT2D eigenvalue weighted by molar-refractivity contribution is -0.192. The first-order chi connectivity index (χ1) is 13.5. The number of benzene rings is 1. The number of halogens is 3. The Morgan fingerprint density at radius 2 is 1.72 bits per heavy atom. The fraction of sp³-hybridized carbons (Fsp3) is 0.263. The number of nitrogens with zero attached hydrogens (tertiary/aromatic N) is 3. The number of nitrogen functional groups attached to an aromatic ring is 1. The van der Waals surface area contributed by atoms with Gasteiger partial charge in [-0.1, -0.05) is 44.2 Å². The molecule has 0 saturated heterocycles. The summed E-state index contributed by atoms with van der Waals surface area (Å²) < 4.78 is 31.7. The average molecular weight is 407 g/mol. The summed E-state index contributed by atoms with van der Waals surface area (Å²) in [6, 6.07) is 12.3. The van der Waals surface area contributed by atoms with Gasteiger partial charge >= 0.3 is 12.1 Å². The van der Waals surface area contributed by atoms with Crippen molar-refractivity contribution in [2.75, 3.05) is 18.1 Å². The summed E-state index contributed by atoms with van der Waals surface area (Å²) in [5.41, 5.74) is 9.59. The molecule has 0 saturated carbocycles. The topological polar surface area (TPSA) is 114 Å². The zero-order valence-electron chi connectivity index (χ0n) is 15.9. The highest BCUT2D eigenvalue weighted by molar-refractivity contribution is 5.90. The van der Waals surface area contributed by atoms with Crippen molar-refractivity contribution in [1.82, 2.24) is 15.0 Å². The zero-order valence-corrected chi connectivity index (χ0v) is 15.9. The number of carboxylic acids is 1. The second-order valence-electron chi connectivity index (χ2n) is 6.30. The molecule has 3 rings (SSSR count). The molecule has 0 radical (unpaired) electrons. The maximum Gasteiger partial charge on any atom is 0.490 e. The van der Waals surface area contributed by atoms with Crippen LogP contribution in [-0.2, 0) is 4.79 Å². The highest BCUT2D eigenvalue weighted by atomic mass is 19.4. The Labute approximate surface area is 164 Å². The Morgan fingerprint density at radius 3 is 2.21 bits per heavy atom. The SMILES string of the molecule is CNc1nc(N)nc2nc(-c3ccccc3)c(C(C)C)cc12.O=C(O)C(F)(F)F. The van der Waals surface area contributed by atoms with Gasteiger partial charge in [-0.3, -0.25) is 0 Å². The highest BCUT2D eigenvalue weighted by Gasteiger charge is 2.38. The number of carbonyl (C=O) groups is 1. The molecule has 0 spiro atoms. The summed E-state index contributed by atoms with van der Waals surface area (Å²) in [5.74, 6) is -1.49. The van der Waals surface area contributed by atoms with Crippen LogP contribution in [0.2, 0.25) is 0 Å². The first-order valence-electron chi connectivity index (χ1n) is 8.56. The van der Waals surface area contributed by atoms with Crippen molar-refractivity contribution in [3.63, 3.8) is 0 Å². The predicted molar refractivity (Wildman–Crippen MR) is 105 cm³/mol. The van der Waals surface area contributed by atoms with Crippen LogP contribution in [0.3, 0.4) is 0 Å². The van der Waals surface area contributed by atoms with E-state index in [1.807, 2.05) is 25.2 Å². The molecule has 7 nitrogen and oxygen atoms in total. The number of aliphatic carboxylic acids is 1. The minimum atomic E-state index is -5.08. The number of nitrogens with one attached hydrogen (secondary N) is 1. The summed E-state index contributed by atoms with van der Waals surface area (Å²) in [7, 11) is 1.82. The van der Waals surface area contributed by atoms with Crippen molar-refractivity contribution in [3.05, 3.63) is 42.0 Å². The van der Waals surface area contributed by atoms with Gasteiger partial charge in [-0.2, -0.15) is 23.1 Å². The molecule has 0 aliphatic heterocycles. The number of aromatic nitrogens is 3. The zero-order chi connectivity index (χ0) is 21.8. The summed E-state index contributed by atoms with van der Waals surface area (Å²) in [5, 5.41) is 11.1. The number of hydrogen-bond donors (Lipinski definition) is 3. The molecule has 0 aliphatic rings. The third kappa shape index (κ3) is 5.31. The molecule has 0 aliphatic carbocycles. The number of fused-ring (bicyclic) bond motifs is 1. The smallest absolute Gasteiger partial charge is 0.475 e. The van der Waals surface area contributed by atoms with E-state index in [4.69, 9.17) is 20.6 Å². The molecule has 29 heavy (non-hydrogen) atoms. The number of alkyl halides is 3. The molecule has 0 unspecified atom stereocenters. The predicted octanol–water partition coefficient (Wildman–Crippen LogP) is 4.07. The Balaban J connectivity index is 0.000000370. The fourth-order valence-electron chi connectivity index (χ4n) is 2.54. The number of rotatable bonds is 3. The van der Waals surface area contributed by atoms with E-state index in [2.05, 4.69) is 47.3 Å². The van der Waals surface area contributed by atoms with E-state index >= 15 is 0 Å². The van der Waals surface area contributed by atoms with Gasteiger partial charge in [0.05, 0.1) is 11.1 Å². The van der Waals surface area contributed by atoms with Crippen LogP contribution in [0.15, 0.2) is 36.4 Å². The van der Waals surface area contributed by atoms with Crippen LogP contribution in [-0.4, -0.2) is 39.3 Å². The van der Waals surface area contributed by atoms with Gasteiger partial charge in [0.2, 0.25) is 5.95 Å². The van der Waals surface area contributed by atoms with Crippen LogP contribution in [0.5, 0.6) is 0 Å². The van der Waals surface area contributed by atoms with Gasteiger partial charge in [0, 0.05) is 12.6 Å². The van der Waals surface area contributed by atoms with E-state index in [0.29, 0.717) is 17.4 Å². The molecular weight excluding hydrogens is 387 g/mol. The fourth-order valence-corrected chi connectivity index (χ4v) is 2.54. The summed E-state index contributed by atoms with van der Waals surface area (Å²) in [6.07, 6.45) is -5.08. The lowest BCUT2D eigenvalue weighted by Gasteiger charge is -2.15. The molecule has 0 atom stereocenters. The van der Waals surface area contributed by atoms with Crippen LogP contribution in [0, 0.1) is 0 Å². The maximum atomic E-state index is 10.6. The van der Waals surface area contributed by atoms with Crippen molar-refractivity contribution >= 4 is 28.8 Å². The van der Waals surface area contributed by atoms with Crippen LogP contribution >= 0.6 is 0 Å². The van der Waals surface area contributed by atoms with E-state index in [-0.39, 0.29) is 5.95 Å². The molecule has 4 N–H and O–H groups in total. The molecule has 0 fully saturated rings. The van der Waals surface area contributed by atoms with Crippen LogP contribution in [0.4, 0.5) is 24.9 Å². The van der Waals surface area contributed by atoms with Crippen molar-refractivity contribution in [2.45, 2.75) is 25.9 Å². The molecule has 0 amide bonds. The lowest BCUT2D eigenvalue weighted by Crippen LogP contribution is -2.21. The van der Waals surface area contributed by atoms with Crippen molar-refractivity contribution in [2.24, 2.45) is 0 Å². The normalized spacial score (nSPS) is 11.1. The van der Waals surface area contributed by atoms with Crippen LogP contribution < -0.4 is 11.1 Å². The number of carboxylic acid groups (broad SMARTS) is 1. The maximum absolute atomic E-state index is 10.6. The Hall–Kier alpha value is -3.43. The summed E-state index contributed by atoms with van der Waals surface area (Å²) in [6.45, 7) is 4.32. The van der Waals surface area contributed by atoms with Crippen molar-refractivity contribution in [1.29, 1.82) is 0 Å². The molecule has 154 valence electrons. The molecule has 0 bridgehead atoms. The Bertz CT molecular complexity index is 1010. The lowest BCUT2D eigenvalue weighted by atomic mass is 9.96. The molecule has 1 aromatic carbocycles. The second-order valence-corrected chi connectivity index (χ2v) is 6.30. The molecule has 10 heteroatoms. The van der Waals surface area contributed by atoms with Gasteiger partial charge in [-0.05, 0) is 17.5 Å². The van der Waals surface area contributed by atoms with Gasteiger partial charge in [-0.25, -0.2) is 9.78 Å². The monoisotopic (exact) mass is 407 g/mol. The largest absolute Gasteiger partial charge is 0.490 e. The van der Waals surface area contributed by atoms with Crippen LogP contribution in [0.1, 0.15) is 25.3 Å². The number of pyridine rings is 1. The van der Waals surface area contributed by atoms with Crippen molar-refractivity contribution in [3.8, 4) is 11.3 Å². The standard InChI is InChI=1S/C17H19N5.C2HF3O2/c1-10(2)12-9-13-15(19-3)21-17(18)22-16(13)20-14(12)11-7-5-4-6-8-11;3-2(4,5)1(6)7/h4-10H,1-3H3,(H3,18,19,20,21,22);(H,6,7). The van der Waals surface area contributed by atoms with Crippen LogP contribution in [0.25, 0.3) is 22.3 Å². The third-order valence-corrected chi connectivity index (χ3v) is 3.88. The molecular formula is C19H20F3N5O2. The number of nitrogens with two attached hydrogens (primary N) is 1. The van der Waals surface area contributed by atoms with E-state index in [0.717, 1.165) is 16.6 Å². The number of hydrogen-bond acceptors (Lipinski definition) is 6. The first kappa shape index (κ1) is 21.9. The molecule has 2 aromatic heterocycles. The quantitative estimate of drug-likeness (QED) is 0.600. The number of anilines is 2. The minimum absolute atomic E-state index is 0.223. The van der Waals surface area contributed by atoms with E-state index in [9.17, 15) is 13.2 Å². The van der Waals surface area contributed by atoms with Gasteiger partial charge < -0.3 is 16.2 Å². The van der Waals surface area contributed by atoms with E-state index < -0.39 is 12.1 Å². The summed E-state index contributed by atoms with van der Waals surface area (Å²) >= 11 is 0. The van der Waals surface area contributed by atoms with Gasteiger partial charge in [0.15, 0.2) is 5.65 Å². The Morgan fingerprint density at radius 1 is 1.14 bits per heavy atom. The van der Waals surface area contributed by atoms with Gasteiger partial charge in [0.1, 0.15) is 5.82 Å². The minimum Gasteiger partial charge on any atom is -0.475 e. The molecule has 3 aromatic rings. The van der Waals surface area contributed by atoms with E-state index in [1.54, 1.807) is 0 Å². The van der Waals surface area contributed by atoms with E-state index in [1.165, 1.54) is 5.56 Å². The second kappa shape index (κ2) is 8.72.